The highest BCUT2D eigenvalue weighted by Crippen LogP contribution is 2.71. The predicted molar refractivity (Wildman–Crippen MR) is 70.3 cm³/mol. The third-order valence-corrected chi connectivity index (χ3v) is 7.11. The van der Waals surface area contributed by atoms with Crippen molar-refractivity contribution in [3.63, 3.8) is 0 Å². The van der Waals surface area contributed by atoms with Gasteiger partial charge in [0.25, 0.3) is 0 Å². The minimum atomic E-state index is 0.529. The Balaban J connectivity index is 1.70. The number of fused-ring (bicyclic) bond motifs is 7. The van der Waals surface area contributed by atoms with Crippen LogP contribution in [-0.4, -0.2) is 6.04 Å². The van der Waals surface area contributed by atoms with E-state index in [4.69, 9.17) is 5.73 Å². The summed E-state index contributed by atoms with van der Waals surface area (Å²) in [6.07, 6.45) is 4.56. The smallest absolute Gasteiger partial charge is 0.0106 e. The van der Waals surface area contributed by atoms with Gasteiger partial charge in [-0.1, -0.05) is 20.8 Å². The van der Waals surface area contributed by atoms with Crippen LogP contribution in [0.3, 0.4) is 0 Å². The Kier molecular flexibility index (Phi) is 2.10. The van der Waals surface area contributed by atoms with E-state index in [9.17, 15) is 0 Å². The highest BCUT2D eigenvalue weighted by atomic mass is 14.8. The van der Waals surface area contributed by atoms with E-state index in [1.807, 2.05) is 0 Å². The van der Waals surface area contributed by atoms with Crippen LogP contribution in [0.1, 0.15) is 40.0 Å². The third-order valence-electron chi connectivity index (χ3n) is 7.11. The fraction of sp³-hybridized carbons (Fsp3) is 1.00. The molecule has 4 rings (SSSR count). The van der Waals surface area contributed by atoms with E-state index < -0.39 is 0 Å². The molecular formula is C16H27N. The number of hydrogen-bond acceptors (Lipinski definition) is 1. The SMILES string of the molecule is CC(C)C1C(N)C2C3CCC(C3)C2C2C(C)C12. The summed E-state index contributed by atoms with van der Waals surface area (Å²) in [6, 6.07) is 0.529. The van der Waals surface area contributed by atoms with Gasteiger partial charge >= 0.3 is 0 Å². The van der Waals surface area contributed by atoms with Crippen LogP contribution in [0.2, 0.25) is 0 Å². The second kappa shape index (κ2) is 3.29. The van der Waals surface area contributed by atoms with Crippen molar-refractivity contribution in [3.8, 4) is 0 Å². The Morgan fingerprint density at radius 1 is 0.941 bits per heavy atom. The summed E-state index contributed by atoms with van der Waals surface area (Å²) in [5.41, 5.74) is 6.73. The molecule has 0 aromatic carbocycles. The van der Waals surface area contributed by atoms with E-state index in [0.29, 0.717) is 6.04 Å². The lowest BCUT2D eigenvalue weighted by Gasteiger charge is -2.45. The van der Waals surface area contributed by atoms with E-state index in [1.54, 1.807) is 0 Å². The molecule has 0 aromatic heterocycles. The normalized spacial score (nSPS) is 63.7. The molecule has 0 heterocycles. The predicted octanol–water partition coefficient (Wildman–Crippen LogP) is 3.14. The first-order valence-corrected chi connectivity index (χ1v) is 7.87. The Morgan fingerprint density at radius 2 is 1.59 bits per heavy atom. The second-order valence-electron chi connectivity index (χ2n) is 7.90. The van der Waals surface area contributed by atoms with Gasteiger partial charge in [0.15, 0.2) is 0 Å². The van der Waals surface area contributed by atoms with Gasteiger partial charge in [0.05, 0.1) is 0 Å². The topological polar surface area (TPSA) is 26.0 Å². The summed E-state index contributed by atoms with van der Waals surface area (Å²) in [7, 11) is 0. The van der Waals surface area contributed by atoms with Crippen LogP contribution in [0.15, 0.2) is 0 Å². The molecule has 4 aliphatic rings. The largest absolute Gasteiger partial charge is 0.327 e. The lowest BCUT2D eigenvalue weighted by Crippen LogP contribution is -2.50. The van der Waals surface area contributed by atoms with Gasteiger partial charge in [0.1, 0.15) is 0 Å². The molecule has 9 atom stereocenters. The molecule has 0 radical (unpaired) electrons. The minimum absolute atomic E-state index is 0.529. The molecule has 17 heavy (non-hydrogen) atoms. The van der Waals surface area contributed by atoms with Crippen molar-refractivity contribution in [1.82, 2.24) is 0 Å². The summed E-state index contributed by atoms with van der Waals surface area (Å²) >= 11 is 0. The van der Waals surface area contributed by atoms with Crippen molar-refractivity contribution in [1.29, 1.82) is 0 Å². The Bertz CT molecular complexity index is 336. The molecule has 2 N–H and O–H groups in total. The van der Waals surface area contributed by atoms with Crippen molar-refractivity contribution in [2.45, 2.75) is 46.1 Å². The highest BCUT2D eigenvalue weighted by molar-refractivity contribution is 5.17. The molecule has 4 aliphatic carbocycles. The summed E-state index contributed by atoms with van der Waals surface area (Å²) < 4.78 is 0. The fourth-order valence-corrected chi connectivity index (χ4v) is 6.66. The van der Waals surface area contributed by atoms with Gasteiger partial charge in [-0.25, -0.2) is 0 Å². The first-order valence-electron chi connectivity index (χ1n) is 7.87. The number of hydrogen-bond donors (Lipinski definition) is 1. The number of rotatable bonds is 1. The molecule has 4 fully saturated rings. The lowest BCUT2D eigenvalue weighted by molar-refractivity contribution is 0.0624. The van der Waals surface area contributed by atoms with Gasteiger partial charge in [-0.05, 0) is 72.5 Å². The number of nitrogens with two attached hydrogens (primary N) is 1. The zero-order valence-electron chi connectivity index (χ0n) is 11.5. The van der Waals surface area contributed by atoms with E-state index in [1.165, 1.54) is 19.3 Å². The average Bonchev–Trinajstić information content (AvgIpc) is 2.68. The Labute approximate surface area is 106 Å². The molecule has 96 valence electrons. The van der Waals surface area contributed by atoms with Gasteiger partial charge in [-0.2, -0.15) is 0 Å². The van der Waals surface area contributed by atoms with Crippen LogP contribution in [0.4, 0.5) is 0 Å². The molecule has 0 amide bonds. The van der Waals surface area contributed by atoms with Crippen LogP contribution in [0.5, 0.6) is 0 Å². The van der Waals surface area contributed by atoms with Crippen LogP contribution in [0, 0.1) is 53.3 Å². The maximum Gasteiger partial charge on any atom is 0.0106 e. The Morgan fingerprint density at radius 3 is 2.24 bits per heavy atom. The minimum Gasteiger partial charge on any atom is -0.327 e. The van der Waals surface area contributed by atoms with Crippen LogP contribution in [-0.2, 0) is 0 Å². The standard InChI is InChI=1S/C16H27N/c1-7(2)11-12-8(3)13(12)14-9-4-5-10(6-9)15(14)16(11)17/h7-16H,4-6,17H2,1-3H3. The zero-order valence-corrected chi connectivity index (χ0v) is 11.5. The van der Waals surface area contributed by atoms with Gasteiger partial charge in [-0.15, -0.1) is 0 Å². The molecular weight excluding hydrogens is 206 g/mol. The van der Waals surface area contributed by atoms with Crippen molar-refractivity contribution in [2.75, 3.05) is 0 Å². The summed E-state index contributed by atoms with van der Waals surface area (Å²) in [5, 5.41) is 0. The molecule has 4 saturated carbocycles. The van der Waals surface area contributed by atoms with Crippen LogP contribution < -0.4 is 5.73 Å². The van der Waals surface area contributed by atoms with Gasteiger partial charge in [0, 0.05) is 6.04 Å². The van der Waals surface area contributed by atoms with Gasteiger partial charge < -0.3 is 5.73 Å². The molecule has 2 bridgehead atoms. The maximum absolute atomic E-state index is 6.73. The maximum atomic E-state index is 6.73. The quantitative estimate of drug-likeness (QED) is 0.740. The van der Waals surface area contributed by atoms with E-state index in [-0.39, 0.29) is 0 Å². The van der Waals surface area contributed by atoms with Crippen molar-refractivity contribution in [2.24, 2.45) is 59.0 Å². The van der Waals surface area contributed by atoms with Crippen molar-refractivity contribution < 1.29 is 0 Å². The monoisotopic (exact) mass is 233 g/mol. The zero-order chi connectivity index (χ0) is 11.9. The van der Waals surface area contributed by atoms with Crippen molar-refractivity contribution in [3.05, 3.63) is 0 Å². The van der Waals surface area contributed by atoms with Gasteiger partial charge in [-0.3, -0.25) is 0 Å². The Hall–Kier alpha value is -0.0400. The molecule has 0 saturated heterocycles. The lowest BCUT2D eigenvalue weighted by atomic mass is 9.63. The van der Waals surface area contributed by atoms with E-state index in [2.05, 4.69) is 20.8 Å². The molecule has 1 nitrogen and oxygen atoms in total. The average molecular weight is 233 g/mol. The molecule has 0 aromatic rings. The van der Waals surface area contributed by atoms with Crippen molar-refractivity contribution >= 4 is 0 Å². The highest BCUT2D eigenvalue weighted by Gasteiger charge is 2.68. The van der Waals surface area contributed by atoms with E-state index >= 15 is 0 Å². The third kappa shape index (κ3) is 1.20. The summed E-state index contributed by atoms with van der Waals surface area (Å²) in [4.78, 5) is 0. The molecule has 9 unspecified atom stereocenters. The van der Waals surface area contributed by atoms with E-state index in [0.717, 1.165) is 53.3 Å². The summed E-state index contributed by atoms with van der Waals surface area (Å²) in [6.45, 7) is 7.31. The van der Waals surface area contributed by atoms with Crippen LogP contribution >= 0.6 is 0 Å². The first kappa shape index (κ1) is 10.8. The molecule has 0 aliphatic heterocycles. The molecule has 1 heteroatoms. The van der Waals surface area contributed by atoms with Crippen LogP contribution in [0.25, 0.3) is 0 Å². The fourth-order valence-electron chi connectivity index (χ4n) is 6.66. The van der Waals surface area contributed by atoms with Gasteiger partial charge in [0.2, 0.25) is 0 Å². The second-order valence-corrected chi connectivity index (χ2v) is 7.90. The first-order chi connectivity index (χ1) is 8.11. The summed E-state index contributed by atoms with van der Waals surface area (Å²) in [5.74, 6) is 8.71. The molecule has 0 spiro atoms.